The number of anilines is 2. The van der Waals surface area contributed by atoms with Crippen LogP contribution in [0.1, 0.15) is 21.6 Å². The second-order valence-corrected chi connectivity index (χ2v) is 5.76. The molecule has 6 heteroatoms. The average molecular weight is 327 g/mol. The molecule has 2 heterocycles. The molecule has 1 fully saturated rings. The van der Waals surface area contributed by atoms with Crippen LogP contribution in [0.25, 0.3) is 0 Å². The first-order valence-electron chi connectivity index (χ1n) is 8.00. The molecule has 0 atom stereocenters. The van der Waals surface area contributed by atoms with Gasteiger partial charge < -0.3 is 20.1 Å². The zero-order valence-corrected chi connectivity index (χ0v) is 13.7. The Balaban J connectivity index is 1.67. The van der Waals surface area contributed by atoms with Gasteiger partial charge in [-0.2, -0.15) is 0 Å². The van der Waals surface area contributed by atoms with E-state index in [1.807, 2.05) is 25.1 Å². The van der Waals surface area contributed by atoms with E-state index in [1.165, 1.54) is 0 Å². The molecule has 0 spiro atoms. The molecule has 0 aliphatic carbocycles. The Morgan fingerprint density at radius 2 is 2.08 bits per heavy atom. The lowest BCUT2D eigenvalue weighted by Gasteiger charge is -2.28. The number of aryl methyl sites for hydroxylation is 1. The molecule has 0 unspecified atom stereocenters. The van der Waals surface area contributed by atoms with Crippen LogP contribution in [-0.2, 0) is 11.3 Å². The minimum Gasteiger partial charge on any atom is -0.478 e. The van der Waals surface area contributed by atoms with E-state index < -0.39 is 5.97 Å². The Bertz CT molecular complexity index is 727. The number of aromatic carboxylic acids is 1. The highest BCUT2D eigenvalue weighted by molar-refractivity contribution is 5.87. The third-order valence-corrected chi connectivity index (χ3v) is 4.06. The van der Waals surface area contributed by atoms with Crippen molar-refractivity contribution in [1.82, 2.24) is 4.98 Å². The number of rotatable bonds is 5. The largest absolute Gasteiger partial charge is 0.478 e. The average Bonchev–Trinajstić information content (AvgIpc) is 2.61. The van der Waals surface area contributed by atoms with Crippen molar-refractivity contribution in [3.8, 4) is 0 Å². The highest BCUT2D eigenvalue weighted by Gasteiger charge is 2.13. The van der Waals surface area contributed by atoms with Crippen LogP contribution in [-0.4, -0.2) is 42.4 Å². The molecule has 0 bridgehead atoms. The van der Waals surface area contributed by atoms with Crippen molar-refractivity contribution < 1.29 is 14.6 Å². The first-order valence-corrected chi connectivity index (χ1v) is 8.00. The minimum absolute atomic E-state index is 0.298. The van der Waals surface area contributed by atoms with E-state index in [1.54, 1.807) is 18.2 Å². The van der Waals surface area contributed by atoms with E-state index in [-0.39, 0.29) is 0 Å². The predicted molar refractivity (Wildman–Crippen MR) is 92.7 cm³/mol. The van der Waals surface area contributed by atoms with Crippen LogP contribution in [0, 0.1) is 6.92 Å². The highest BCUT2D eigenvalue weighted by Crippen LogP contribution is 2.20. The van der Waals surface area contributed by atoms with Crippen LogP contribution in [0.3, 0.4) is 0 Å². The molecule has 1 aliphatic heterocycles. The van der Waals surface area contributed by atoms with Crippen molar-refractivity contribution in [1.29, 1.82) is 0 Å². The lowest BCUT2D eigenvalue weighted by atomic mass is 10.1. The molecule has 24 heavy (non-hydrogen) atoms. The van der Waals surface area contributed by atoms with Gasteiger partial charge in [-0.1, -0.05) is 12.1 Å². The maximum Gasteiger partial charge on any atom is 0.335 e. The van der Waals surface area contributed by atoms with Gasteiger partial charge in [-0.3, -0.25) is 0 Å². The smallest absolute Gasteiger partial charge is 0.335 e. The van der Waals surface area contributed by atoms with Crippen LogP contribution in [0.2, 0.25) is 0 Å². The summed E-state index contributed by atoms with van der Waals surface area (Å²) in [5, 5.41) is 12.4. The van der Waals surface area contributed by atoms with Gasteiger partial charge in [-0.05, 0) is 36.8 Å². The molecule has 2 aromatic rings. The standard InChI is InChI=1S/C18H21N3O3/c1-13-16(5-6-17(20-13)21-7-9-24-10-8-21)19-12-14-3-2-4-15(11-14)18(22)23/h2-6,11,19H,7-10,12H2,1H3,(H,22,23). The summed E-state index contributed by atoms with van der Waals surface area (Å²) >= 11 is 0. The summed E-state index contributed by atoms with van der Waals surface area (Å²) < 4.78 is 5.37. The van der Waals surface area contributed by atoms with E-state index in [2.05, 4.69) is 15.2 Å². The monoisotopic (exact) mass is 327 g/mol. The summed E-state index contributed by atoms with van der Waals surface area (Å²) in [7, 11) is 0. The Kier molecular flexibility index (Phi) is 4.96. The Morgan fingerprint density at radius 3 is 2.79 bits per heavy atom. The number of carboxylic acids is 1. The van der Waals surface area contributed by atoms with E-state index in [9.17, 15) is 4.79 Å². The predicted octanol–water partition coefficient (Wildman–Crippen LogP) is 2.54. The molecular formula is C18H21N3O3. The maximum atomic E-state index is 11.0. The highest BCUT2D eigenvalue weighted by atomic mass is 16.5. The maximum absolute atomic E-state index is 11.0. The number of aromatic nitrogens is 1. The summed E-state index contributed by atoms with van der Waals surface area (Å²) in [4.78, 5) is 17.9. The van der Waals surface area contributed by atoms with E-state index >= 15 is 0 Å². The minimum atomic E-state index is -0.912. The molecule has 1 saturated heterocycles. The van der Waals surface area contributed by atoms with Gasteiger partial charge in [0.1, 0.15) is 5.82 Å². The zero-order valence-electron chi connectivity index (χ0n) is 13.7. The number of carboxylic acid groups (broad SMARTS) is 1. The molecule has 0 amide bonds. The number of nitrogens with one attached hydrogen (secondary N) is 1. The molecule has 3 rings (SSSR count). The molecular weight excluding hydrogens is 306 g/mol. The number of hydrogen-bond acceptors (Lipinski definition) is 5. The van der Waals surface area contributed by atoms with Gasteiger partial charge in [0.2, 0.25) is 0 Å². The third-order valence-electron chi connectivity index (χ3n) is 4.06. The number of hydrogen-bond donors (Lipinski definition) is 2. The van der Waals surface area contributed by atoms with Crippen molar-refractivity contribution in [3.63, 3.8) is 0 Å². The molecule has 6 nitrogen and oxygen atoms in total. The summed E-state index contributed by atoms with van der Waals surface area (Å²) in [5.41, 5.74) is 3.10. The summed E-state index contributed by atoms with van der Waals surface area (Å²) in [6.45, 7) is 5.73. The number of ether oxygens (including phenoxy) is 1. The molecule has 2 N–H and O–H groups in total. The van der Waals surface area contributed by atoms with Gasteiger partial charge in [0, 0.05) is 19.6 Å². The second kappa shape index (κ2) is 7.31. The van der Waals surface area contributed by atoms with Crippen LogP contribution in [0.15, 0.2) is 36.4 Å². The number of benzene rings is 1. The Labute approximate surface area is 141 Å². The van der Waals surface area contributed by atoms with Gasteiger partial charge in [0.25, 0.3) is 0 Å². The zero-order chi connectivity index (χ0) is 16.9. The summed E-state index contributed by atoms with van der Waals surface area (Å²) in [6, 6.07) is 11.0. The van der Waals surface area contributed by atoms with E-state index in [0.29, 0.717) is 12.1 Å². The van der Waals surface area contributed by atoms with Gasteiger partial charge in [-0.15, -0.1) is 0 Å². The summed E-state index contributed by atoms with van der Waals surface area (Å²) in [5.74, 6) is 0.0544. The second-order valence-electron chi connectivity index (χ2n) is 5.76. The lowest BCUT2D eigenvalue weighted by molar-refractivity contribution is 0.0696. The van der Waals surface area contributed by atoms with Gasteiger partial charge in [0.15, 0.2) is 0 Å². The lowest BCUT2D eigenvalue weighted by Crippen LogP contribution is -2.36. The van der Waals surface area contributed by atoms with Crippen molar-refractivity contribution in [2.45, 2.75) is 13.5 Å². The van der Waals surface area contributed by atoms with Gasteiger partial charge >= 0.3 is 5.97 Å². The third kappa shape index (κ3) is 3.83. The summed E-state index contributed by atoms with van der Waals surface area (Å²) in [6.07, 6.45) is 0. The van der Waals surface area contributed by atoms with Crippen molar-refractivity contribution in [2.75, 3.05) is 36.5 Å². The molecule has 126 valence electrons. The molecule has 1 aromatic carbocycles. The molecule has 1 aromatic heterocycles. The fourth-order valence-corrected chi connectivity index (χ4v) is 2.71. The number of pyridine rings is 1. The Morgan fingerprint density at radius 1 is 1.29 bits per heavy atom. The number of morpholine rings is 1. The first kappa shape index (κ1) is 16.3. The normalized spacial score (nSPS) is 14.5. The van der Waals surface area contributed by atoms with Gasteiger partial charge in [-0.25, -0.2) is 9.78 Å². The SMILES string of the molecule is Cc1nc(N2CCOCC2)ccc1NCc1cccc(C(=O)O)c1. The van der Waals surface area contributed by atoms with E-state index in [4.69, 9.17) is 9.84 Å². The molecule has 0 radical (unpaired) electrons. The first-order chi connectivity index (χ1) is 11.6. The van der Waals surface area contributed by atoms with Crippen molar-refractivity contribution in [2.24, 2.45) is 0 Å². The van der Waals surface area contributed by atoms with Gasteiger partial charge in [0.05, 0.1) is 30.2 Å². The van der Waals surface area contributed by atoms with Crippen molar-refractivity contribution in [3.05, 3.63) is 53.2 Å². The molecule has 1 aliphatic rings. The quantitative estimate of drug-likeness (QED) is 0.879. The number of nitrogens with zero attached hydrogens (tertiary/aromatic N) is 2. The van der Waals surface area contributed by atoms with E-state index in [0.717, 1.165) is 49.1 Å². The fraction of sp³-hybridized carbons (Fsp3) is 0.333. The fourth-order valence-electron chi connectivity index (χ4n) is 2.71. The number of carbonyl (C=O) groups is 1. The van der Waals surface area contributed by atoms with Crippen LogP contribution < -0.4 is 10.2 Å². The van der Waals surface area contributed by atoms with Crippen LogP contribution >= 0.6 is 0 Å². The van der Waals surface area contributed by atoms with Crippen LogP contribution in [0.4, 0.5) is 11.5 Å². The van der Waals surface area contributed by atoms with Crippen LogP contribution in [0.5, 0.6) is 0 Å². The van der Waals surface area contributed by atoms with Crippen molar-refractivity contribution >= 4 is 17.5 Å². The topological polar surface area (TPSA) is 74.7 Å². The molecule has 0 saturated carbocycles. The Hall–Kier alpha value is -2.60.